The van der Waals surface area contributed by atoms with Crippen molar-refractivity contribution >= 4 is 24.2 Å². The summed E-state index contributed by atoms with van der Waals surface area (Å²) >= 11 is 0. The molecule has 2 aliphatic heterocycles. The number of carbonyl (C=O) groups excluding carboxylic acids is 2. The van der Waals surface area contributed by atoms with Gasteiger partial charge in [0.2, 0.25) is 11.2 Å². The van der Waals surface area contributed by atoms with Crippen LogP contribution in [0.2, 0.25) is 0 Å². The highest BCUT2D eigenvalue weighted by molar-refractivity contribution is 5.94. The van der Waals surface area contributed by atoms with Crippen LogP contribution in [0.4, 0.5) is 35.1 Å². The summed E-state index contributed by atoms with van der Waals surface area (Å²) in [6.45, 7) is 4.96. The molecule has 0 unspecified atom stereocenters. The summed E-state index contributed by atoms with van der Waals surface area (Å²) in [6, 6.07) is 13.5. The molecule has 0 fully saturated rings. The Balaban J connectivity index is 0.000000212. The van der Waals surface area contributed by atoms with Gasteiger partial charge in [-0.3, -0.25) is 19.0 Å². The second-order valence-corrected chi connectivity index (χ2v) is 16.2. The van der Waals surface area contributed by atoms with Crippen LogP contribution in [0.3, 0.4) is 0 Å². The molecule has 0 radical (unpaired) electrons. The Bertz CT molecular complexity index is 2520. The fourth-order valence-corrected chi connectivity index (χ4v) is 7.80. The van der Waals surface area contributed by atoms with Crippen molar-refractivity contribution in [3.63, 3.8) is 0 Å². The zero-order valence-electron chi connectivity index (χ0n) is 35.5. The van der Waals surface area contributed by atoms with Gasteiger partial charge in [-0.2, -0.15) is 36.5 Å². The lowest BCUT2D eigenvalue weighted by Crippen LogP contribution is -2.45. The van der Waals surface area contributed by atoms with E-state index < -0.39 is 47.3 Å². The van der Waals surface area contributed by atoms with Crippen LogP contribution in [0.5, 0.6) is 0 Å². The molecule has 0 spiro atoms. The summed E-state index contributed by atoms with van der Waals surface area (Å²) in [6.07, 6.45) is -7.29. The molecule has 2 amide bonds. The summed E-state index contributed by atoms with van der Waals surface area (Å²) < 4.78 is 112. The lowest BCUT2D eigenvalue weighted by molar-refractivity contribution is -0.263. The van der Waals surface area contributed by atoms with Crippen molar-refractivity contribution in [3.05, 3.63) is 119 Å². The van der Waals surface area contributed by atoms with Crippen molar-refractivity contribution in [2.75, 3.05) is 13.1 Å². The van der Waals surface area contributed by atoms with E-state index in [1.165, 1.54) is 65.0 Å². The largest absolute Gasteiger partial charge is 0.424 e. The summed E-state index contributed by atoms with van der Waals surface area (Å²) in [5.41, 5.74) is -2.61. The second-order valence-electron chi connectivity index (χ2n) is 16.2. The zero-order valence-corrected chi connectivity index (χ0v) is 36.3. The Kier molecular flexibility index (Phi) is 12.9. The van der Waals surface area contributed by atoms with Crippen molar-refractivity contribution in [3.8, 4) is 22.5 Å². The zero-order chi connectivity index (χ0) is 46.8. The first-order valence-corrected chi connectivity index (χ1v) is 19.7. The quantitative estimate of drug-likeness (QED) is 0.166. The highest BCUT2D eigenvalue weighted by Gasteiger charge is 2.56. The fourth-order valence-electron chi connectivity index (χ4n) is 7.80. The van der Waals surface area contributed by atoms with Gasteiger partial charge < -0.3 is 29.1 Å². The lowest BCUT2D eigenvalue weighted by Gasteiger charge is -2.36. The molecule has 4 atom stereocenters. The van der Waals surface area contributed by atoms with Crippen LogP contribution >= 0.6 is 12.4 Å². The average Bonchev–Trinajstić information content (AvgIpc) is 4.03. The van der Waals surface area contributed by atoms with Gasteiger partial charge in [-0.05, 0) is 88.4 Å². The number of rotatable bonds is 6. The number of halogens is 9. The molecule has 65 heavy (non-hydrogen) atoms. The lowest BCUT2D eigenvalue weighted by atomic mass is 10.0. The minimum atomic E-state index is -4.90. The molecule has 348 valence electrons. The fraction of sp³-hybridized carbons (Fsp3) is 0.381. The Labute approximate surface area is 372 Å². The van der Waals surface area contributed by atoms with Crippen molar-refractivity contribution in [2.24, 2.45) is 14.1 Å². The van der Waals surface area contributed by atoms with E-state index in [2.05, 4.69) is 20.2 Å². The number of fused-ring (bicyclic) bond motifs is 2. The SMILES string of the molecule is C[C@H]1CN(C(=O)c2cc(-c3ccc(F)cc3)nn2C)Cc2cnc([C@@](C)(O)C(F)(F)F)n21.C[C@H]1CN(C(=O)c2cc(-c3ccc(F)cc3)nn2C)Cc2cnc([C@@](C)(O)C(F)(F)F)n21.Cl. The average molecular weight is 939 g/mol. The van der Waals surface area contributed by atoms with Gasteiger partial charge >= 0.3 is 12.4 Å². The number of amides is 2. The smallest absolute Gasteiger partial charge is 0.374 e. The van der Waals surface area contributed by atoms with Gasteiger partial charge in [0.1, 0.15) is 23.0 Å². The van der Waals surface area contributed by atoms with Crippen molar-refractivity contribution in [1.29, 1.82) is 0 Å². The van der Waals surface area contributed by atoms with Crippen LogP contribution in [0, 0.1) is 11.6 Å². The molecule has 23 heteroatoms. The normalized spacial score (nSPS) is 18.1. The molecule has 6 aromatic rings. The van der Waals surface area contributed by atoms with Crippen LogP contribution in [0.25, 0.3) is 22.5 Å². The number of hydrogen-bond acceptors (Lipinski definition) is 8. The van der Waals surface area contributed by atoms with E-state index in [0.717, 1.165) is 0 Å². The summed E-state index contributed by atoms with van der Waals surface area (Å²) in [5.74, 6) is -2.47. The Morgan fingerprint density at radius 1 is 0.615 bits per heavy atom. The van der Waals surface area contributed by atoms with Gasteiger partial charge in [0.15, 0.2) is 11.6 Å². The van der Waals surface area contributed by atoms with E-state index in [4.69, 9.17) is 0 Å². The molecule has 2 N–H and O–H groups in total. The third kappa shape index (κ3) is 8.97. The highest BCUT2D eigenvalue weighted by Crippen LogP contribution is 2.42. The van der Waals surface area contributed by atoms with Crippen molar-refractivity contribution < 1.29 is 54.9 Å². The highest BCUT2D eigenvalue weighted by atomic mass is 35.5. The number of benzene rings is 2. The minimum Gasteiger partial charge on any atom is -0.374 e. The van der Waals surface area contributed by atoms with E-state index in [0.29, 0.717) is 47.8 Å². The standard InChI is InChI=1S/2C21H21F4N5O2.ClH/c2*1-12-10-29(11-15-9-26-19(30(12)15)20(2,32)21(23,24)25)18(31)17-8-16(27-28(17)3)13-4-6-14(22)7-5-13;/h2*4-9,12,32H,10-11H2,1-3H3;1H/t2*12-,20+;/m00./s1. The first kappa shape index (κ1) is 48.3. The molecule has 4 aromatic heterocycles. The number of aliphatic hydroxyl groups is 2. The molecule has 8 rings (SSSR count). The molecule has 6 heterocycles. The number of imidazole rings is 2. The number of carbonyl (C=O) groups is 2. The Morgan fingerprint density at radius 2 is 0.938 bits per heavy atom. The summed E-state index contributed by atoms with van der Waals surface area (Å²) in [5, 5.41) is 28.8. The van der Waals surface area contributed by atoms with Gasteiger partial charge in [-0.15, -0.1) is 12.4 Å². The summed E-state index contributed by atoms with van der Waals surface area (Å²) in [7, 11) is 3.22. The monoisotopic (exact) mass is 938 g/mol. The Morgan fingerprint density at radius 3 is 1.25 bits per heavy atom. The van der Waals surface area contributed by atoms with Crippen LogP contribution < -0.4 is 0 Å². The van der Waals surface area contributed by atoms with E-state index >= 15 is 0 Å². The third-order valence-electron chi connectivity index (χ3n) is 11.3. The third-order valence-corrected chi connectivity index (χ3v) is 11.3. The number of aromatic nitrogens is 8. The number of hydrogen-bond donors (Lipinski definition) is 2. The van der Waals surface area contributed by atoms with Crippen LogP contribution in [0.1, 0.15) is 83.8 Å². The molecule has 0 saturated heterocycles. The van der Waals surface area contributed by atoms with E-state index in [1.54, 1.807) is 64.3 Å². The molecule has 0 aliphatic carbocycles. The summed E-state index contributed by atoms with van der Waals surface area (Å²) in [4.78, 5) is 37.0. The Hall–Kier alpha value is -6.13. The number of aryl methyl sites for hydroxylation is 2. The molecule has 2 aliphatic rings. The van der Waals surface area contributed by atoms with Crippen LogP contribution in [-0.2, 0) is 38.4 Å². The molecular formula is C42H43ClF8N10O4. The van der Waals surface area contributed by atoms with Gasteiger partial charge in [-0.25, -0.2) is 18.7 Å². The van der Waals surface area contributed by atoms with E-state index in [-0.39, 0.29) is 73.4 Å². The molecule has 2 aromatic carbocycles. The van der Waals surface area contributed by atoms with Gasteiger partial charge in [0.25, 0.3) is 11.8 Å². The van der Waals surface area contributed by atoms with Gasteiger partial charge in [-0.1, -0.05) is 0 Å². The van der Waals surface area contributed by atoms with Gasteiger partial charge in [0, 0.05) is 38.3 Å². The number of nitrogens with zero attached hydrogens (tertiary/aromatic N) is 10. The van der Waals surface area contributed by atoms with E-state index in [1.807, 2.05) is 0 Å². The molecular weight excluding hydrogens is 896 g/mol. The van der Waals surface area contributed by atoms with Crippen LogP contribution in [0.15, 0.2) is 73.1 Å². The maximum absolute atomic E-state index is 13.3. The van der Waals surface area contributed by atoms with Crippen molar-refractivity contribution in [2.45, 2.75) is 76.4 Å². The first-order chi connectivity index (χ1) is 29.8. The number of alkyl halides is 6. The predicted molar refractivity (Wildman–Crippen MR) is 219 cm³/mol. The van der Waals surface area contributed by atoms with E-state index in [9.17, 15) is 54.9 Å². The molecule has 0 saturated carbocycles. The maximum Gasteiger partial charge on any atom is 0.424 e. The second kappa shape index (κ2) is 17.3. The van der Waals surface area contributed by atoms with Gasteiger partial charge in [0.05, 0.1) is 60.3 Å². The first-order valence-electron chi connectivity index (χ1n) is 19.7. The maximum atomic E-state index is 13.3. The topological polar surface area (TPSA) is 152 Å². The predicted octanol–water partition coefficient (Wildman–Crippen LogP) is 7.24. The molecule has 14 nitrogen and oxygen atoms in total. The van der Waals surface area contributed by atoms with Crippen molar-refractivity contribution in [1.82, 2.24) is 48.5 Å². The molecule has 0 bridgehead atoms. The van der Waals surface area contributed by atoms with Crippen LogP contribution in [-0.4, -0.2) is 95.9 Å². The minimum absolute atomic E-state index is 0.